The summed E-state index contributed by atoms with van der Waals surface area (Å²) in [7, 11) is 0. The van der Waals surface area contributed by atoms with Gasteiger partial charge in [0.15, 0.2) is 0 Å². The molecule has 1 aromatic heterocycles. The number of aliphatic hydroxyl groups is 1. The Morgan fingerprint density at radius 1 is 1.36 bits per heavy atom. The molecule has 1 N–H and O–H groups in total. The second kappa shape index (κ2) is 4.24. The van der Waals surface area contributed by atoms with Crippen molar-refractivity contribution in [3.63, 3.8) is 0 Å². The zero-order chi connectivity index (χ0) is 9.80. The average molecular weight is 191 g/mol. The Morgan fingerprint density at radius 2 is 2.14 bits per heavy atom. The van der Waals surface area contributed by atoms with Gasteiger partial charge in [0.1, 0.15) is 6.10 Å². The Kier molecular flexibility index (Phi) is 2.79. The Hall–Kier alpha value is -1.35. The van der Waals surface area contributed by atoms with E-state index in [9.17, 15) is 5.11 Å². The molecule has 3 nitrogen and oxygen atoms in total. The van der Waals surface area contributed by atoms with Gasteiger partial charge in [-0.25, -0.2) is 0 Å². The van der Waals surface area contributed by atoms with E-state index in [2.05, 4.69) is 4.98 Å². The summed E-state index contributed by atoms with van der Waals surface area (Å²) in [4.78, 5) is 3.91. The van der Waals surface area contributed by atoms with Crippen LogP contribution in [0, 0.1) is 0 Å². The molecule has 0 saturated heterocycles. The van der Waals surface area contributed by atoms with Crippen LogP contribution >= 0.6 is 0 Å². The second-order valence-electron chi connectivity index (χ2n) is 3.35. The van der Waals surface area contributed by atoms with Gasteiger partial charge in [-0.2, -0.15) is 0 Å². The molecule has 0 fully saturated rings. The quantitative estimate of drug-likeness (QED) is 0.775. The van der Waals surface area contributed by atoms with Crippen LogP contribution in [0.25, 0.3) is 0 Å². The molecule has 14 heavy (non-hydrogen) atoms. The molecule has 0 aliphatic carbocycles. The molecule has 0 aromatic carbocycles. The van der Waals surface area contributed by atoms with Crippen molar-refractivity contribution in [1.82, 2.24) is 4.98 Å². The summed E-state index contributed by atoms with van der Waals surface area (Å²) in [5, 5.41) is 9.97. The van der Waals surface area contributed by atoms with Crippen molar-refractivity contribution in [2.24, 2.45) is 0 Å². The topological polar surface area (TPSA) is 42.4 Å². The molecule has 0 spiro atoms. The van der Waals surface area contributed by atoms with E-state index in [1.165, 1.54) is 0 Å². The van der Waals surface area contributed by atoms with Crippen molar-refractivity contribution in [2.45, 2.75) is 18.9 Å². The summed E-state index contributed by atoms with van der Waals surface area (Å²) in [6, 6.07) is 3.64. The number of pyridine rings is 1. The van der Waals surface area contributed by atoms with Crippen LogP contribution in [0.1, 0.15) is 24.5 Å². The van der Waals surface area contributed by atoms with Gasteiger partial charge >= 0.3 is 0 Å². The smallest absolute Gasteiger partial charge is 0.103 e. The maximum Gasteiger partial charge on any atom is 0.103 e. The van der Waals surface area contributed by atoms with Crippen molar-refractivity contribution in [3.05, 3.63) is 41.9 Å². The molecule has 2 rings (SSSR count). The average Bonchev–Trinajstić information content (AvgIpc) is 2.30. The Morgan fingerprint density at radius 3 is 2.79 bits per heavy atom. The van der Waals surface area contributed by atoms with Gasteiger partial charge in [0, 0.05) is 12.4 Å². The first kappa shape index (κ1) is 9.21. The first-order chi connectivity index (χ1) is 6.88. The molecule has 74 valence electrons. The SMILES string of the molecule is OC(C1=COCCC1)c1ccncc1. The molecular weight excluding hydrogens is 178 g/mol. The molecule has 3 heteroatoms. The van der Waals surface area contributed by atoms with Crippen molar-refractivity contribution in [2.75, 3.05) is 6.61 Å². The molecule has 0 radical (unpaired) electrons. The summed E-state index contributed by atoms with van der Waals surface area (Å²) in [5.41, 5.74) is 1.82. The van der Waals surface area contributed by atoms with Crippen LogP contribution in [-0.4, -0.2) is 16.7 Å². The standard InChI is InChI=1S/C11H13NO2/c13-11(9-3-5-12-6-4-9)10-2-1-7-14-8-10/h3-6,8,11,13H,1-2,7H2. The fraction of sp³-hybridized carbons (Fsp3) is 0.364. The van der Waals surface area contributed by atoms with Crippen LogP contribution in [0.2, 0.25) is 0 Å². The lowest BCUT2D eigenvalue weighted by Gasteiger charge is -2.18. The van der Waals surface area contributed by atoms with Gasteiger partial charge in [0.05, 0.1) is 12.9 Å². The maximum atomic E-state index is 9.97. The van der Waals surface area contributed by atoms with Crippen molar-refractivity contribution < 1.29 is 9.84 Å². The normalized spacial score (nSPS) is 18.2. The van der Waals surface area contributed by atoms with Gasteiger partial charge in [0.2, 0.25) is 0 Å². The fourth-order valence-electron chi connectivity index (χ4n) is 1.55. The number of nitrogens with zero attached hydrogens (tertiary/aromatic N) is 1. The molecule has 1 aliphatic rings. The highest BCUT2D eigenvalue weighted by atomic mass is 16.5. The van der Waals surface area contributed by atoms with Crippen LogP contribution < -0.4 is 0 Å². The summed E-state index contributed by atoms with van der Waals surface area (Å²) >= 11 is 0. The molecule has 1 aromatic rings. The number of rotatable bonds is 2. The van der Waals surface area contributed by atoms with Crippen LogP contribution in [0.15, 0.2) is 36.4 Å². The minimum absolute atomic E-state index is 0.543. The molecule has 0 saturated carbocycles. The van der Waals surface area contributed by atoms with E-state index in [0.717, 1.165) is 30.6 Å². The Labute approximate surface area is 83.1 Å². The highest BCUT2D eigenvalue weighted by molar-refractivity contribution is 5.23. The highest BCUT2D eigenvalue weighted by Gasteiger charge is 2.15. The van der Waals surface area contributed by atoms with E-state index in [0.29, 0.717) is 0 Å². The fourth-order valence-corrected chi connectivity index (χ4v) is 1.55. The first-order valence-electron chi connectivity index (χ1n) is 4.76. The third-order valence-electron chi connectivity index (χ3n) is 2.34. The van der Waals surface area contributed by atoms with Gasteiger partial charge in [0.25, 0.3) is 0 Å². The number of ether oxygens (including phenoxy) is 1. The maximum absolute atomic E-state index is 9.97. The van der Waals surface area contributed by atoms with E-state index in [-0.39, 0.29) is 0 Å². The number of aromatic nitrogens is 1. The Bertz CT molecular complexity index is 321. The lowest BCUT2D eigenvalue weighted by Crippen LogP contribution is -2.07. The number of hydrogen-bond donors (Lipinski definition) is 1. The predicted molar refractivity (Wildman–Crippen MR) is 52.5 cm³/mol. The third-order valence-corrected chi connectivity index (χ3v) is 2.34. The second-order valence-corrected chi connectivity index (χ2v) is 3.35. The number of hydrogen-bond acceptors (Lipinski definition) is 3. The predicted octanol–water partition coefficient (Wildman–Crippen LogP) is 1.81. The molecule has 0 bridgehead atoms. The summed E-state index contributed by atoms with van der Waals surface area (Å²) in [6.45, 7) is 0.757. The molecule has 1 atom stereocenters. The van der Waals surface area contributed by atoms with Gasteiger partial charge in [-0.1, -0.05) is 0 Å². The van der Waals surface area contributed by atoms with Crippen molar-refractivity contribution in [3.8, 4) is 0 Å². The number of aliphatic hydroxyl groups excluding tert-OH is 1. The highest BCUT2D eigenvalue weighted by Crippen LogP contribution is 2.26. The largest absolute Gasteiger partial charge is 0.501 e. The van der Waals surface area contributed by atoms with E-state index in [4.69, 9.17) is 4.74 Å². The van der Waals surface area contributed by atoms with Crippen LogP contribution in [0.4, 0.5) is 0 Å². The van der Waals surface area contributed by atoms with E-state index >= 15 is 0 Å². The zero-order valence-corrected chi connectivity index (χ0v) is 7.89. The molecule has 0 amide bonds. The molecular formula is C11H13NO2. The summed E-state index contributed by atoms with van der Waals surface area (Å²) < 4.78 is 5.19. The van der Waals surface area contributed by atoms with Gasteiger partial charge in [-0.15, -0.1) is 0 Å². The van der Waals surface area contributed by atoms with Crippen molar-refractivity contribution >= 4 is 0 Å². The minimum atomic E-state index is -0.543. The molecule has 1 aliphatic heterocycles. The van der Waals surface area contributed by atoms with Gasteiger partial charge in [-0.05, 0) is 36.1 Å². The van der Waals surface area contributed by atoms with E-state index < -0.39 is 6.10 Å². The minimum Gasteiger partial charge on any atom is -0.501 e. The first-order valence-corrected chi connectivity index (χ1v) is 4.76. The van der Waals surface area contributed by atoms with Gasteiger partial charge in [-0.3, -0.25) is 4.98 Å². The lowest BCUT2D eigenvalue weighted by molar-refractivity contribution is 0.170. The van der Waals surface area contributed by atoms with Crippen LogP contribution in [0.5, 0.6) is 0 Å². The summed E-state index contributed by atoms with van der Waals surface area (Å²) in [5.74, 6) is 0. The monoisotopic (exact) mass is 191 g/mol. The van der Waals surface area contributed by atoms with E-state index in [1.807, 2.05) is 12.1 Å². The lowest BCUT2D eigenvalue weighted by atomic mass is 9.99. The van der Waals surface area contributed by atoms with Crippen LogP contribution in [0.3, 0.4) is 0 Å². The van der Waals surface area contributed by atoms with Crippen LogP contribution in [-0.2, 0) is 4.74 Å². The molecule has 2 heterocycles. The van der Waals surface area contributed by atoms with E-state index in [1.54, 1.807) is 18.7 Å². The van der Waals surface area contributed by atoms with Crippen molar-refractivity contribution in [1.29, 1.82) is 0 Å². The molecule has 1 unspecified atom stereocenters. The third kappa shape index (κ3) is 1.93. The zero-order valence-electron chi connectivity index (χ0n) is 7.89. The Balaban J connectivity index is 2.15. The summed E-state index contributed by atoms with van der Waals surface area (Å²) in [6.07, 6.45) is 6.38. The van der Waals surface area contributed by atoms with Gasteiger partial charge < -0.3 is 9.84 Å².